The number of nitrogens with one attached hydrogen (secondary N) is 3. The maximum atomic E-state index is 12.1. The zero-order chi connectivity index (χ0) is 19.8. The Morgan fingerprint density at radius 1 is 0.926 bits per heavy atom. The van der Waals surface area contributed by atoms with Crippen LogP contribution >= 0.6 is 0 Å². The molecule has 3 amide bonds. The minimum atomic E-state index is -0.500. The highest BCUT2D eigenvalue weighted by Crippen LogP contribution is 2.17. The molecule has 0 heterocycles. The molecule has 0 saturated heterocycles. The van der Waals surface area contributed by atoms with Crippen LogP contribution in [-0.4, -0.2) is 24.8 Å². The van der Waals surface area contributed by atoms with Crippen LogP contribution in [0.3, 0.4) is 0 Å². The molecule has 0 aromatic heterocycles. The van der Waals surface area contributed by atoms with Gasteiger partial charge in [-0.25, -0.2) is 0 Å². The third-order valence-electron chi connectivity index (χ3n) is 3.90. The van der Waals surface area contributed by atoms with Crippen molar-refractivity contribution in [1.82, 2.24) is 10.9 Å². The number of benzene rings is 2. The van der Waals surface area contributed by atoms with E-state index in [1.165, 1.54) is 7.11 Å². The first-order valence-electron chi connectivity index (χ1n) is 8.50. The first kappa shape index (κ1) is 20.0. The number of hydrogen-bond acceptors (Lipinski definition) is 4. The molecule has 142 valence electrons. The minimum absolute atomic E-state index is 0.00365. The van der Waals surface area contributed by atoms with Crippen LogP contribution in [0.15, 0.2) is 42.5 Å². The van der Waals surface area contributed by atoms with Crippen molar-refractivity contribution in [2.45, 2.75) is 26.7 Å². The van der Waals surface area contributed by atoms with E-state index >= 15 is 0 Å². The van der Waals surface area contributed by atoms with E-state index in [-0.39, 0.29) is 18.7 Å². The van der Waals surface area contributed by atoms with Gasteiger partial charge in [0, 0.05) is 18.5 Å². The van der Waals surface area contributed by atoms with Crippen molar-refractivity contribution in [1.29, 1.82) is 0 Å². The van der Waals surface area contributed by atoms with E-state index in [9.17, 15) is 14.4 Å². The molecule has 0 aliphatic carbocycles. The second-order valence-electron chi connectivity index (χ2n) is 6.07. The monoisotopic (exact) mass is 369 g/mol. The van der Waals surface area contributed by atoms with Crippen molar-refractivity contribution in [3.05, 3.63) is 59.2 Å². The number of anilines is 1. The van der Waals surface area contributed by atoms with Crippen molar-refractivity contribution >= 4 is 23.4 Å². The fourth-order valence-electron chi connectivity index (χ4n) is 2.48. The SMILES string of the molecule is COc1ccccc1C(=O)NNC(=O)CCC(=O)Nc1ccc(C)cc1C. The Bertz CT molecular complexity index is 849. The number of amides is 3. The third-order valence-corrected chi connectivity index (χ3v) is 3.90. The predicted molar refractivity (Wildman–Crippen MR) is 102 cm³/mol. The van der Waals surface area contributed by atoms with Gasteiger partial charge in [0.2, 0.25) is 11.8 Å². The summed E-state index contributed by atoms with van der Waals surface area (Å²) in [5, 5.41) is 2.78. The molecular formula is C20H23N3O4. The van der Waals surface area contributed by atoms with Crippen molar-refractivity contribution in [3.8, 4) is 5.75 Å². The summed E-state index contributed by atoms with van der Waals surface area (Å²) in [6.07, 6.45) is -0.0490. The Hall–Kier alpha value is -3.35. The zero-order valence-electron chi connectivity index (χ0n) is 15.6. The van der Waals surface area contributed by atoms with E-state index in [4.69, 9.17) is 4.74 Å². The number of ether oxygens (including phenoxy) is 1. The average Bonchev–Trinajstić information content (AvgIpc) is 2.66. The van der Waals surface area contributed by atoms with E-state index in [2.05, 4.69) is 16.2 Å². The first-order chi connectivity index (χ1) is 12.9. The van der Waals surface area contributed by atoms with Gasteiger partial charge in [0.15, 0.2) is 0 Å². The van der Waals surface area contributed by atoms with Crippen LogP contribution in [0.5, 0.6) is 5.75 Å². The van der Waals surface area contributed by atoms with Gasteiger partial charge in [-0.3, -0.25) is 25.2 Å². The van der Waals surface area contributed by atoms with E-state index in [0.717, 1.165) is 16.8 Å². The standard InChI is InChI=1S/C20H23N3O4/c1-13-8-9-16(14(2)12-13)21-18(24)10-11-19(25)22-23-20(26)15-6-4-5-7-17(15)27-3/h4-9,12H,10-11H2,1-3H3,(H,21,24)(H,22,25)(H,23,26). The van der Waals surface area contributed by atoms with Crippen LogP contribution < -0.4 is 20.9 Å². The highest BCUT2D eigenvalue weighted by Gasteiger charge is 2.13. The van der Waals surface area contributed by atoms with Crippen molar-refractivity contribution < 1.29 is 19.1 Å². The fraction of sp³-hybridized carbons (Fsp3) is 0.250. The number of carbonyl (C=O) groups is 3. The number of methoxy groups -OCH3 is 1. The predicted octanol–water partition coefficient (Wildman–Crippen LogP) is 2.49. The number of carbonyl (C=O) groups excluding carboxylic acids is 3. The molecule has 0 aliphatic rings. The first-order valence-corrected chi connectivity index (χ1v) is 8.50. The van der Waals surface area contributed by atoms with Gasteiger partial charge in [-0.1, -0.05) is 29.8 Å². The lowest BCUT2D eigenvalue weighted by molar-refractivity contribution is -0.124. The zero-order valence-corrected chi connectivity index (χ0v) is 15.6. The van der Waals surface area contributed by atoms with Crippen LogP contribution in [0.1, 0.15) is 34.3 Å². The molecule has 0 radical (unpaired) electrons. The second-order valence-corrected chi connectivity index (χ2v) is 6.07. The molecule has 0 aliphatic heterocycles. The quantitative estimate of drug-likeness (QED) is 0.682. The Labute approximate surface area is 158 Å². The molecule has 0 unspecified atom stereocenters. The molecule has 0 atom stereocenters. The van der Waals surface area contributed by atoms with E-state index < -0.39 is 11.8 Å². The molecule has 2 aromatic carbocycles. The molecule has 0 fully saturated rings. The lowest BCUT2D eigenvalue weighted by Gasteiger charge is -2.11. The van der Waals surface area contributed by atoms with Gasteiger partial charge in [0.05, 0.1) is 12.7 Å². The molecule has 2 aromatic rings. The average molecular weight is 369 g/mol. The van der Waals surface area contributed by atoms with Gasteiger partial charge in [0.1, 0.15) is 5.75 Å². The Kier molecular flexibility index (Phi) is 6.93. The Balaban J connectivity index is 1.78. The maximum absolute atomic E-state index is 12.1. The third kappa shape index (κ3) is 5.85. The van der Waals surface area contributed by atoms with E-state index in [1.807, 2.05) is 32.0 Å². The van der Waals surface area contributed by atoms with Gasteiger partial charge in [-0.05, 0) is 37.6 Å². The Morgan fingerprint density at radius 3 is 2.33 bits per heavy atom. The van der Waals surface area contributed by atoms with Crippen LogP contribution in [0.4, 0.5) is 5.69 Å². The lowest BCUT2D eigenvalue weighted by Crippen LogP contribution is -2.41. The summed E-state index contributed by atoms with van der Waals surface area (Å²) in [6, 6.07) is 12.4. The summed E-state index contributed by atoms with van der Waals surface area (Å²) in [4.78, 5) is 36.0. The van der Waals surface area contributed by atoms with Gasteiger partial charge in [-0.2, -0.15) is 0 Å². The number of hydrogen-bond donors (Lipinski definition) is 3. The molecule has 0 spiro atoms. The van der Waals surface area contributed by atoms with Crippen molar-refractivity contribution in [2.24, 2.45) is 0 Å². The van der Waals surface area contributed by atoms with Gasteiger partial charge in [0.25, 0.3) is 5.91 Å². The summed E-state index contributed by atoms with van der Waals surface area (Å²) in [7, 11) is 1.46. The topological polar surface area (TPSA) is 96.5 Å². The normalized spacial score (nSPS) is 10.0. The molecular weight excluding hydrogens is 346 g/mol. The van der Waals surface area contributed by atoms with E-state index in [0.29, 0.717) is 11.3 Å². The molecule has 3 N–H and O–H groups in total. The van der Waals surface area contributed by atoms with Gasteiger partial charge in [-0.15, -0.1) is 0 Å². The fourth-order valence-corrected chi connectivity index (χ4v) is 2.48. The van der Waals surface area contributed by atoms with Crippen LogP contribution in [0.2, 0.25) is 0 Å². The Morgan fingerprint density at radius 2 is 1.63 bits per heavy atom. The summed E-state index contributed by atoms with van der Waals surface area (Å²) in [5.74, 6) is -0.834. The van der Waals surface area contributed by atoms with Crippen LogP contribution in [-0.2, 0) is 9.59 Å². The highest BCUT2D eigenvalue weighted by atomic mass is 16.5. The number of hydrazine groups is 1. The van der Waals surface area contributed by atoms with Crippen molar-refractivity contribution in [2.75, 3.05) is 12.4 Å². The summed E-state index contributed by atoms with van der Waals surface area (Å²) in [5.41, 5.74) is 7.69. The van der Waals surface area contributed by atoms with E-state index in [1.54, 1.807) is 24.3 Å². The van der Waals surface area contributed by atoms with Crippen molar-refractivity contribution in [3.63, 3.8) is 0 Å². The smallest absolute Gasteiger partial charge is 0.273 e. The maximum Gasteiger partial charge on any atom is 0.273 e. The van der Waals surface area contributed by atoms with Gasteiger partial charge >= 0.3 is 0 Å². The number of aryl methyl sites for hydroxylation is 2. The molecule has 7 heteroatoms. The molecule has 0 saturated carbocycles. The largest absolute Gasteiger partial charge is 0.496 e. The molecule has 7 nitrogen and oxygen atoms in total. The highest BCUT2D eigenvalue weighted by molar-refractivity contribution is 5.98. The minimum Gasteiger partial charge on any atom is -0.496 e. The van der Waals surface area contributed by atoms with Gasteiger partial charge < -0.3 is 10.1 Å². The molecule has 0 bridgehead atoms. The van der Waals surface area contributed by atoms with Crippen LogP contribution in [0.25, 0.3) is 0 Å². The van der Waals surface area contributed by atoms with Crippen LogP contribution in [0, 0.1) is 13.8 Å². The molecule has 2 rings (SSSR count). The molecule has 27 heavy (non-hydrogen) atoms. The summed E-state index contributed by atoms with van der Waals surface area (Å²) in [6.45, 7) is 3.88. The number of para-hydroxylation sites is 1. The summed E-state index contributed by atoms with van der Waals surface area (Å²) < 4.78 is 5.10. The number of rotatable bonds is 6. The lowest BCUT2D eigenvalue weighted by atomic mass is 10.1. The second kappa shape index (κ2) is 9.38. The summed E-state index contributed by atoms with van der Waals surface area (Å²) >= 11 is 0.